The Kier molecular flexibility index (Phi) is 25.3. The third kappa shape index (κ3) is 21.9. The predicted molar refractivity (Wildman–Crippen MR) is 248 cm³/mol. The highest BCUT2D eigenvalue weighted by Crippen LogP contribution is 2.12. The Labute approximate surface area is 380 Å². The van der Waals surface area contributed by atoms with Crippen molar-refractivity contribution in [3.63, 3.8) is 0 Å². The maximum absolute atomic E-state index is 6.40. The highest BCUT2D eigenvalue weighted by Gasteiger charge is 2.19. The Bertz CT molecular complexity index is 1860. The normalized spacial score (nSPS) is 13.8. The van der Waals surface area contributed by atoms with Gasteiger partial charge in [-0.25, -0.2) is 0 Å². The van der Waals surface area contributed by atoms with E-state index in [0.29, 0.717) is 72.6 Å². The molecular formula is C53H67NO10. The number of hydrogen-bond donors (Lipinski definition) is 1. The molecule has 0 spiro atoms. The Hall–Kier alpha value is -4.60. The van der Waals surface area contributed by atoms with Crippen LogP contribution < -0.4 is 5.73 Å². The van der Waals surface area contributed by atoms with Gasteiger partial charge in [0.05, 0.1) is 105 Å². The van der Waals surface area contributed by atoms with Crippen molar-refractivity contribution >= 4 is 0 Å². The molecule has 5 aromatic rings. The van der Waals surface area contributed by atoms with E-state index in [9.17, 15) is 0 Å². The van der Waals surface area contributed by atoms with Crippen molar-refractivity contribution in [3.8, 4) is 0 Å². The fourth-order valence-electron chi connectivity index (χ4n) is 6.31. The zero-order chi connectivity index (χ0) is 44.5. The SMILES string of the molecule is C=CCOCC(COCC(COCC(COCC(COCC(CN)OCc1ccccc1)OCc1ccccc1)OCc1ccccc1)OCc1ccccc1)OCc1ccccc1. The van der Waals surface area contributed by atoms with E-state index < -0.39 is 6.10 Å². The summed E-state index contributed by atoms with van der Waals surface area (Å²) in [5.41, 5.74) is 11.4. The van der Waals surface area contributed by atoms with E-state index in [1.54, 1.807) is 6.08 Å². The van der Waals surface area contributed by atoms with E-state index >= 15 is 0 Å². The van der Waals surface area contributed by atoms with Gasteiger partial charge in [-0.1, -0.05) is 158 Å². The van der Waals surface area contributed by atoms with Gasteiger partial charge in [-0.15, -0.1) is 6.58 Å². The van der Waals surface area contributed by atoms with Crippen LogP contribution in [-0.2, 0) is 80.4 Å². The molecule has 344 valence electrons. The molecule has 0 saturated heterocycles. The average Bonchev–Trinajstić information content (AvgIpc) is 3.35. The van der Waals surface area contributed by atoms with Gasteiger partial charge in [-0.2, -0.15) is 0 Å². The second kappa shape index (κ2) is 32.1. The zero-order valence-corrected chi connectivity index (χ0v) is 37.1. The molecule has 0 aromatic heterocycles. The monoisotopic (exact) mass is 877 g/mol. The smallest absolute Gasteiger partial charge is 0.105 e. The van der Waals surface area contributed by atoms with Crippen LogP contribution in [0.5, 0.6) is 0 Å². The molecule has 0 fully saturated rings. The van der Waals surface area contributed by atoms with Crippen molar-refractivity contribution in [1.82, 2.24) is 0 Å². The summed E-state index contributed by atoms with van der Waals surface area (Å²) < 4.78 is 62.1. The number of nitrogens with two attached hydrogens (primary N) is 1. The van der Waals surface area contributed by atoms with E-state index in [4.69, 9.17) is 53.1 Å². The van der Waals surface area contributed by atoms with E-state index in [1.807, 2.05) is 152 Å². The number of benzene rings is 5. The summed E-state index contributed by atoms with van der Waals surface area (Å²) in [4.78, 5) is 0. The van der Waals surface area contributed by atoms with Gasteiger partial charge >= 0.3 is 0 Å². The van der Waals surface area contributed by atoms with Crippen molar-refractivity contribution in [2.45, 2.75) is 63.6 Å². The Balaban J connectivity index is 1.16. The molecule has 5 aromatic carbocycles. The Morgan fingerprint density at radius 3 is 0.781 bits per heavy atom. The summed E-state index contributed by atoms with van der Waals surface area (Å²) in [5, 5.41) is 0. The van der Waals surface area contributed by atoms with E-state index in [2.05, 4.69) is 6.58 Å². The van der Waals surface area contributed by atoms with Crippen molar-refractivity contribution in [2.75, 3.05) is 72.6 Å². The van der Waals surface area contributed by atoms with Gasteiger partial charge in [0, 0.05) is 6.54 Å². The lowest BCUT2D eigenvalue weighted by atomic mass is 10.2. The average molecular weight is 878 g/mol. The fraction of sp³-hybridized carbons (Fsp3) is 0.396. The first-order valence-corrected chi connectivity index (χ1v) is 22.1. The topological polar surface area (TPSA) is 118 Å². The van der Waals surface area contributed by atoms with Gasteiger partial charge in [0.1, 0.15) is 24.4 Å². The molecule has 5 atom stereocenters. The molecule has 11 heteroatoms. The van der Waals surface area contributed by atoms with Crippen molar-refractivity contribution < 1.29 is 47.4 Å². The predicted octanol–water partition coefficient (Wildman–Crippen LogP) is 8.14. The molecule has 5 unspecified atom stereocenters. The molecule has 0 bridgehead atoms. The molecule has 0 amide bonds. The summed E-state index contributed by atoms with van der Waals surface area (Å²) in [7, 11) is 0. The lowest BCUT2D eigenvalue weighted by Crippen LogP contribution is -2.34. The summed E-state index contributed by atoms with van der Waals surface area (Å²) in [6.07, 6.45) is 0.0427. The van der Waals surface area contributed by atoms with E-state index in [0.717, 1.165) is 27.8 Å². The quantitative estimate of drug-likeness (QED) is 0.0311. The van der Waals surface area contributed by atoms with Crippen LogP contribution in [0.2, 0.25) is 0 Å². The molecule has 64 heavy (non-hydrogen) atoms. The van der Waals surface area contributed by atoms with Crippen LogP contribution in [0.15, 0.2) is 164 Å². The molecule has 0 aliphatic rings. The molecule has 0 radical (unpaired) electrons. The third-order valence-corrected chi connectivity index (χ3v) is 9.87. The maximum atomic E-state index is 6.40. The summed E-state index contributed by atoms with van der Waals surface area (Å²) in [6, 6.07) is 50.2. The molecule has 2 N–H and O–H groups in total. The summed E-state index contributed by atoms with van der Waals surface area (Å²) in [6.45, 7) is 9.30. The molecule has 0 aliphatic heterocycles. The molecule has 0 saturated carbocycles. The minimum absolute atomic E-state index is 0.263. The largest absolute Gasteiger partial charge is 0.376 e. The first-order valence-electron chi connectivity index (χ1n) is 22.1. The second-order valence-corrected chi connectivity index (χ2v) is 15.3. The lowest BCUT2D eigenvalue weighted by Gasteiger charge is -2.24. The van der Waals surface area contributed by atoms with E-state index in [1.165, 1.54) is 0 Å². The minimum atomic E-state index is -0.391. The standard InChI is InChI=1S/C53H67NO10/c1-2-28-55-36-50(61-31-45-20-10-4-11-21-45)37-57-40-52(63-33-47-24-14-6-15-25-47)41-59-43-53(64-34-48-26-16-7-17-27-48)42-58-39-51(62-32-46-22-12-5-13-23-46)38-56-35-49(29-54)60-30-44-18-8-3-9-19-44/h2-27,49-53H,1,28-43,54H2. The molecule has 5 rings (SSSR count). The van der Waals surface area contributed by atoms with Gasteiger partial charge in [0.25, 0.3) is 0 Å². The first kappa shape index (κ1) is 50.4. The minimum Gasteiger partial charge on any atom is -0.376 e. The second-order valence-electron chi connectivity index (χ2n) is 15.3. The van der Waals surface area contributed by atoms with Crippen molar-refractivity contribution in [1.29, 1.82) is 0 Å². The van der Waals surface area contributed by atoms with Gasteiger partial charge in [-0.05, 0) is 27.8 Å². The highest BCUT2D eigenvalue weighted by molar-refractivity contribution is 5.16. The van der Waals surface area contributed by atoms with Crippen molar-refractivity contribution in [2.24, 2.45) is 5.73 Å². The van der Waals surface area contributed by atoms with Crippen LogP contribution in [0.4, 0.5) is 0 Å². The number of hydrogen-bond acceptors (Lipinski definition) is 11. The van der Waals surface area contributed by atoms with Crippen LogP contribution in [-0.4, -0.2) is 103 Å². The van der Waals surface area contributed by atoms with Gasteiger partial charge in [0.15, 0.2) is 0 Å². The van der Waals surface area contributed by atoms with Gasteiger partial charge < -0.3 is 53.1 Å². The van der Waals surface area contributed by atoms with Crippen molar-refractivity contribution in [3.05, 3.63) is 192 Å². The van der Waals surface area contributed by atoms with Gasteiger partial charge in [-0.3, -0.25) is 0 Å². The van der Waals surface area contributed by atoms with Crippen LogP contribution in [0.25, 0.3) is 0 Å². The van der Waals surface area contributed by atoms with Crippen LogP contribution in [0.1, 0.15) is 27.8 Å². The zero-order valence-electron chi connectivity index (χ0n) is 37.1. The molecule has 0 heterocycles. The molecular weight excluding hydrogens is 811 g/mol. The molecule has 11 nitrogen and oxygen atoms in total. The van der Waals surface area contributed by atoms with Crippen LogP contribution in [0, 0.1) is 0 Å². The van der Waals surface area contributed by atoms with E-state index in [-0.39, 0.29) is 57.5 Å². The third-order valence-electron chi connectivity index (χ3n) is 9.87. The first-order chi connectivity index (χ1) is 31.7. The summed E-state index contributed by atoms with van der Waals surface area (Å²) in [5.74, 6) is 0. The Morgan fingerprint density at radius 2 is 0.547 bits per heavy atom. The highest BCUT2D eigenvalue weighted by atomic mass is 16.6. The number of ether oxygens (including phenoxy) is 10. The maximum Gasteiger partial charge on any atom is 0.105 e. The van der Waals surface area contributed by atoms with Gasteiger partial charge in [0.2, 0.25) is 0 Å². The summed E-state index contributed by atoms with van der Waals surface area (Å²) >= 11 is 0. The fourth-order valence-corrected chi connectivity index (χ4v) is 6.31. The Morgan fingerprint density at radius 1 is 0.328 bits per heavy atom. The lowest BCUT2D eigenvalue weighted by molar-refractivity contribution is -0.123. The molecule has 0 aliphatic carbocycles. The van der Waals surface area contributed by atoms with Crippen LogP contribution in [0.3, 0.4) is 0 Å². The number of rotatable bonds is 36. The van der Waals surface area contributed by atoms with Crippen LogP contribution >= 0.6 is 0 Å².